The van der Waals surface area contributed by atoms with Crippen molar-refractivity contribution < 1.29 is 19.6 Å². The fourth-order valence-electron chi connectivity index (χ4n) is 3.61. The number of ether oxygens (including phenoxy) is 1. The molecule has 10 heteroatoms. The molecule has 0 aromatic heterocycles. The zero-order valence-corrected chi connectivity index (χ0v) is 18.5. The molecule has 31 heavy (non-hydrogen) atoms. The summed E-state index contributed by atoms with van der Waals surface area (Å²) in [6, 6.07) is 8.02. The number of benzene rings is 2. The zero-order chi connectivity index (χ0) is 22.5. The van der Waals surface area contributed by atoms with Gasteiger partial charge in [0, 0.05) is 44.2 Å². The summed E-state index contributed by atoms with van der Waals surface area (Å²) in [4.78, 5) is 27.4. The highest BCUT2D eigenvalue weighted by atomic mass is 35.5. The maximum atomic E-state index is 12.5. The number of nitro benzene ring substituents is 1. The van der Waals surface area contributed by atoms with E-state index in [9.17, 15) is 20.0 Å². The van der Waals surface area contributed by atoms with Crippen molar-refractivity contribution in [3.8, 4) is 11.5 Å². The Balaban J connectivity index is 1.52. The summed E-state index contributed by atoms with van der Waals surface area (Å²) in [6.45, 7) is 4.00. The maximum absolute atomic E-state index is 12.5. The van der Waals surface area contributed by atoms with E-state index in [0.717, 1.165) is 44.5 Å². The van der Waals surface area contributed by atoms with E-state index in [2.05, 4.69) is 9.80 Å². The third-order valence-electron chi connectivity index (χ3n) is 5.32. The van der Waals surface area contributed by atoms with E-state index in [1.165, 1.54) is 13.2 Å². The van der Waals surface area contributed by atoms with Gasteiger partial charge in [0.25, 0.3) is 0 Å². The number of ketones is 1. The van der Waals surface area contributed by atoms with E-state index in [0.29, 0.717) is 16.5 Å². The number of aromatic hydroxyl groups is 1. The second-order valence-electron chi connectivity index (χ2n) is 7.23. The molecular weight excluding hydrogens is 445 g/mol. The molecule has 0 atom stereocenters. The summed E-state index contributed by atoms with van der Waals surface area (Å²) in [5.41, 5.74) is 0.534. The summed E-state index contributed by atoms with van der Waals surface area (Å²) in [6.07, 6.45) is 0.860. The number of rotatable bonds is 8. The number of hydrogen-bond acceptors (Lipinski definition) is 7. The molecule has 166 valence electrons. The predicted molar refractivity (Wildman–Crippen MR) is 120 cm³/mol. The third kappa shape index (κ3) is 5.39. The molecule has 0 amide bonds. The lowest BCUT2D eigenvalue weighted by atomic mass is 10.0. The highest BCUT2D eigenvalue weighted by Crippen LogP contribution is 2.37. The number of phenolic OH excluding ortho intramolecular Hbond substituents is 1. The number of anilines is 1. The van der Waals surface area contributed by atoms with Crippen molar-refractivity contribution in [3.05, 3.63) is 56.1 Å². The van der Waals surface area contributed by atoms with Crippen molar-refractivity contribution in [2.45, 2.75) is 12.8 Å². The highest BCUT2D eigenvalue weighted by Gasteiger charge is 2.23. The number of Topliss-reactive ketones (excluding diaryl/α,β-unsaturated/α-hetero) is 1. The highest BCUT2D eigenvalue weighted by molar-refractivity contribution is 6.43. The Labute approximate surface area is 190 Å². The summed E-state index contributed by atoms with van der Waals surface area (Å²) < 4.78 is 4.95. The molecule has 1 fully saturated rings. The Bertz CT molecular complexity index is 978. The molecule has 1 N–H and O–H groups in total. The Morgan fingerprint density at radius 3 is 2.58 bits per heavy atom. The Kier molecular flexibility index (Phi) is 7.59. The van der Waals surface area contributed by atoms with Crippen LogP contribution >= 0.6 is 23.2 Å². The van der Waals surface area contributed by atoms with Gasteiger partial charge in [0.2, 0.25) is 5.75 Å². The minimum atomic E-state index is -0.736. The van der Waals surface area contributed by atoms with Crippen molar-refractivity contribution >= 4 is 40.4 Å². The van der Waals surface area contributed by atoms with Crippen LogP contribution in [0.5, 0.6) is 11.5 Å². The molecule has 1 heterocycles. The standard InChI is InChI=1S/C21H23Cl2N3O5/c1-31-19-13-14(12-17(21(19)28)26(29)30)18(27)6-3-7-24-8-10-25(11-9-24)16-5-2-4-15(22)20(16)23/h2,4-5,12-13,28H,3,6-11H2,1H3. The van der Waals surface area contributed by atoms with Crippen LogP contribution in [-0.4, -0.2) is 60.5 Å². The number of carbonyl (C=O) groups excluding carboxylic acids is 1. The molecule has 1 aliphatic rings. The van der Waals surface area contributed by atoms with E-state index in [1.807, 2.05) is 12.1 Å². The topological polar surface area (TPSA) is 96.2 Å². The second-order valence-corrected chi connectivity index (χ2v) is 8.02. The average molecular weight is 468 g/mol. The molecule has 1 saturated heterocycles. The molecule has 0 bridgehead atoms. The van der Waals surface area contributed by atoms with Crippen LogP contribution in [-0.2, 0) is 0 Å². The first-order valence-electron chi connectivity index (χ1n) is 9.81. The fourth-order valence-corrected chi connectivity index (χ4v) is 4.02. The first-order valence-corrected chi connectivity index (χ1v) is 10.6. The number of piperazine rings is 1. The van der Waals surface area contributed by atoms with E-state index < -0.39 is 16.4 Å². The van der Waals surface area contributed by atoms with Crippen molar-refractivity contribution in [1.29, 1.82) is 0 Å². The largest absolute Gasteiger partial charge is 0.500 e. The van der Waals surface area contributed by atoms with Gasteiger partial charge >= 0.3 is 5.69 Å². The molecule has 3 rings (SSSR count). The maximum Gasteiger partial charge on any atom is 0.315 e. The molecule has 0 radical (unpaired) electrons. The number of hydrogen-bond donors (Lipinski definition) is 1. The van der Waals surface area contributed by atoms with Gasteiger partial charge in [-0.3, -0.25) is 19.8 Å². The number of carbonyl (C=O) groups is 1. The van der Waals surface area contributed by atoms with Crippen LogP contribution in [0.3, 0.4) is 0 Å². The third-order valence-corrected chi connectivity index (χ3v) is 6.12. The molecule has 2 aromatic carbocycles. The van der Waals surface area contributed by atoms with Gasteiger partial charge < -0.3 is 14.7 Å². The van der Waals surface area contributed by atoms with Gasteiger partial charge in [-0.2, -0.15) is 0 Å². The molecule has 0 unspecified atom stereocenters. The quantitative estimate of drug-likeness (QED) is 0.349. The van der Waals surface area contributed by atoms with Gasteiger partial charge in [0.1, 0.15) is 0 Å². The second kappa shape index (κ2) is 10.2. The Morgan fingerprint density at radius 2 is 1.94 bits per heavy atom. The zero-order valence-electron chi connectivity index (χ0n) is 17.0. The van der Waals surface area contributed by atoms with Gasteiger partial charge in [-0.1, -0.05) is 29.3 Å². The molecule has 8 nitrogen and oxygen atoms in total. The first kappa shape index (κ1) is 23.1. The van der Waals surface area contributed by atoms with E-state index >= 15 is 0 Å². The molecule has 1 aliphatic heterocycles. The summed E-state index contributed by atoms with van der Waals surface area (Å²) >= 11 is 12.4. The van der Waals surface area contributed by atoms with E-state index in [-0.39, 0.29) is 23.5 Å². The fraction of sp³-hybridized carbons (Fsp3) is 0.381. The average Bonchev–Trinajstić information content (AvgIpc) is 2.76. The van der Waals surface area contributed by atoms with Crippen molar-refractivity contribution in [2.24, 2.45) is 0 Å². The lowest BCUT2D eigenvalue weighted by Gasteiger charge is -2.36. The number of methoxy groups -OCH3 is 1. The molecule has 0 saturated carbocycles. The number of halogens is 2. The van der Waals surface area contributed by atoms with Gasteiger partial charge in [0.05, 0.1) is 27.8 Å². The Hall–Kier alpha value is -2.55. The lowest BCUT2D eigenvalue weighted by molar-refractivity contribution is -0.386. The van der Waals surface area contributed by atoms with Crippen LogP contribution < -0.4 is 9.64 Å². The normalized spacial score (nSPS) is 14.5. The monoisotopic (exact) mass is 467 g/mol. The number of nitrogens with zero attached hydrogens (tertiary/aromatic N) is 3. The molecule has 2 aromatic rings. The minimum absolute atomic E-state index is 0.0895. The van der Waals surface area contributed by atoms with Crippen LogP contribution in [0.15, 0.2) is 30.3 Å². The van der Waals surface area contributed by atoms with Crippen molar-refractivity contribution in [3.63, 3.8) is 0 Å². The molecular formula is C21H23Cl2N3O5. The van der Waals surface area contributed by atoms with E-state index in [1.54, 1.807) is 6.07 Å². The van der Waals surface area contributed by atoms with Crippen LogP contribution in [0.2, 0.25) is 10.0 Å². The van der Waals surface area contributed by atoms with Gasteiger partial charge in [-0.25, -0.2) is 0 Å². The first-order chi connectivity index (χ1) is 14.8. The minimum Gasteiger partial charge on any atom is -0.500 e. The van der Waals surface area contributed by atoms with E-state index in [4.69, 9.17) is 27.9 Å². The predicted octanol–water partition coefficient (Wildman–Crippen LogP) is 4.40. The Morgan fingerprint density at radius 1 is 1.23 bits per heavy atom. The number of nitro groups is 1. The molecule has 0 aliphatic carbocycles. The lowest BCUT2D eigenvalue weighted by Crippen LogP contribution is -2.46. The van der Waals surface area contributed by atoms with Crippen LogP contribution in [0.1, 0.15) is 23.2 Å². The SMILES string of the molecule is COc1cc(C(=O)CCCN2CCN(c3cccc(Cl)c3Cl)CC2)cc([N+](=O)[O-])c1O. The van der Waals surface area contributed by atoms with Crippen molar-refractivity contribution in [2.75, 3.05) is 44.7 Å². The van der Waals surface area contributed by atoms with Gasteiger partial charge in [-0.05, 0) is 31.2 Å². The smallest absolute Gasteiger partial charge is 0.315 e. The van der Waals surface area contributed by atoms with Crippen molar-refractivity contribution in [1.82, 2.24) is 4.90 Å². The van der Waals surface area contributed by atoms with Crippen LogP contribution in [0.25, 0.3) is 0 Å². The summed E-state index contributed by atoms with van der Waals surface area (Å²) in [5, 5.41) is 22.0. The van der Waals surface area contributed by atoms with Gasteiger partial charge in [-0.15, -0.1) is 0 Å². The van der Waals surface area contributed by atoms with Crippen LogP contribution in [0.4, 0.5) is 11.4 Å². The molecule has 0 spiro atoms. The van der Waals surface area contributed by atoms with Crippen LogP contribution in [0, 0.1) is 10.1 Å². The summed E-state index contributed by atoms with van der Waals surface area (Å²) in [7, 11) is 1.28. The van der Waals surface area contributed by atoms with Gasteiger partial charge in [0.15, 0.2) is 11.5 Å². The summed E-state index contributed by atoms with van der Waals surface area (Å²) in [5.74, 6) is -0.902. The number of phenols is 1.